The van der Waals surface area contributed by atoms with Gasteiger partial charge in [-0.1, -0.05) is 36.0 Å². The van der Waals surface area contributed by atoms with E-state index in [2.05, 4.69) is 4.98 Å². The molecule has 0 saturated heterocycles. The Morgan fingerprint density at radius 3 is 2.71 bits per heavy atom. The summed E-state index contributed by atoms with van der Waals surface area (Å²) in [5.74, 6) is 0.0159. The fraction of sp³-hybridized carbons (Fsp3) is 0.0714. The second-order valence-electron chi connectivity index (χ2n) is 4.46. The fourth-order valence-corrected chi connectivity index (χ4v) is 3.95. The van der Waals surface area contributed by atoms with Crippen molar-refractivity contribution in [2.24, 2.45) is 0 Å². The van der Waals surface area contributed by atoms with Crippen LogP contribution in [0, 0.1) is 5.82 Å². The normalized spacial score (nSPS) is 11.0. The molecular weight excluding hydrogens is 308 g/mol. The van der Waals surface area contributed by atoms with E-state index in [0.29, 0.717) is 11.3 Å². The molecule has 3 nitrogen and oxygen atoms in total. The van der Waals surface area contributed by atoms with E-state index >= 15 is 0 Å². The Kier molecular flexibility index (Phi) is 4.25. The number of rotatable bonds is 4. The molecule has 0 fully saturated rings. The summed E-state index contributed by atoms with van der Waals surface area (Å²) in [5, 5.41) is 18.0. The largest absolute Gasteiger partial charge is 0.488 e. The lowest BCUT2D eigenvalue weighted by molar-refractivity contribution is 0.425. The first-order chi connectivity index (χ1) is 10.1. The Labute approximate surface area is 129 Å². The maximum Gasteiger partial charge on any atom is 0.488 e. The molecule has 0 atom stereocenters. The quantitative estimate of drug-likeness (QED) is 0.573. The lowest BCUT2D eigenvalue weighted by Crippen LogP contribution is -2.30. The summed E-state index contributed by atoms with van der Waals surface area (Å²) in [5.41, 5.74) is 1.62. The van der Waals surface area contributed by atoms with Gasteiger partial charge < -0.3 is 10.0 Å². The van der Waals surface area contributed by atoms with Crippen molar-refractivity contribution in [2.45, 2.75) is 10.1 Å². The molecule has 2 N–H and O–H groups in total. The third-order valence-corrected chi connectivity index (χ3v) is 5.23. The van der Waals surface area contributed by atoms with Gasteiger partial charge in [-0.2, -0.15) is 0 Å². The van der Waals surface area contributed by atoms with Gasteiger partial charge in [0.2, 0.25) is 0 Å². The van der Waals surface area contributed by atoms with Crippen LogP contribution >= 0.6 is 23.1 Å². The summed E-state index contributed by atoms with van der Waals surface area (Å²) >= 11 is 3.05. The van der Waals surface area contributed by atoms with Crippen LogP contribution in [0.4, 0.5) is 4.39 Å². The van der Waals surface area contributed by atoms with E-state index in [9.17, 15) is 4.39 Å². The number of nitrogens with zero attached hydrogens (tertiary/aromatic N) is 1. The molecule has 0 aliphatic rings. The molecule has 0 unspecified atom stereocenters. The Hall–Kier alpha value is -1.41. The summed E-state index contributed by atoms with van der Waals surface area (Å²) in [7, 11) is -1.65. The monoisotopic (exact) mass is 319 g/mol. The highest BCUT2D eigenvalue weighted by Crippen LogP contribution is 2.31. The number of thiazole rings is 1. The molecule has 1 aromatic heterocycles. The van der Waals surface area contributed by atoms with Gasteiger partial charge >= 0.3 is 7.12 Å². The van der Waals surface area contributed by atoms with Crippen LogP contribution in [0.3, 0.4) is 0 Å². The maximum atomic E-state index is 13.9. The van der Waals surface area contributed by atoms with Crippen molar-refractivity contribution >= 4 is 45.9 Å². The molecular formula is C14H11BFNO2S2. The standard InChI is InChI=1S/C14H11BFNO2S2/c16-11-7-10(15(18)19)6-5-9(11)8-20-14-17-12-3-1-2-4-13(12)21-14/h1-7,18-19H,8H2. The maximum absolute atomic E-state index is 13.9. The number of aromatic nitrogens is 1. The van der Waals surface area contributed by atoms with E-state index in [-0.39, 0.29) is 5.46 Å². The zero-order chi connectivity index (χ0) is 14.8. The first-order valence-electron chi connectivity index (χ1n) is 6.26. The molecule has 0 aliphatic heterocycles. The molecule has 7 heteroatoms. The van der Waals surface area contributed by atoms with Gasteiger partial charge in [0.25, 0.3) is 0 Å². The van der Waals surface area contributed by atoms with E-state index in [0.717, 1.165) is 20.6 Å². The van der Waals surface area contributed by atoms with Crippen molar-refractivity contribution in [1.82, 2.24) is 4.98 Å². The molecule has 3 aromatic rings. The highest BCUT2D eigenvalue weighted by Gasteiger charge is 2.14. The Bertz CT molecular complexity index is 746. The van der Waals surface area contributed by atoms with Crippen molar-refractivity contribution in [3.05, 3.63) is 53.8 Å². The first-order valence-corrected chi connectivity index (χ1v) is 8.06. The van der Waals surface area contributed by atoms with Gasteiger partial charge in [-0.15, -0.1) is 11.3 Å². The fourth-order valence-electron chi connectivity index (χ4n) is 1.89. The number of para-hydroxylation sites is 1. The lowest BCUT2D eigenvalue weighted by atomic mass is 9.80. The summed E-state index contributed by atoms with van der Waals surface area (Å²) in [6.45, 7) is 0. The van der Waals surface area contributed by atoms with Gasteiger partial charge in [0.05, 0.1) is 10.2 Å². The number of fused-ring (bicyclic) bond motifs is 1. The zero-order valence-corrected chi connectivity index (χ0v) is 12.5. The molecule has 0 spiro atoms. The highest BCUT2D eigenvalue weighted by atomic mass is 32.2. The predicted molar refractivity (Wildman–Crippen MR) is 85.4 cm³/mol. The molecule has 0 aliphatic carbocycles. The van der Waals surface area contributed by atoms with Crippen molar-refractivity contribution < 1.29 is 14.4 Å². The molecule has 106 valence electrons. The Balaban J connectivity index is 1.75. The number of thioether (sulfide) groups is 1. The van der Waals surface area contributed by atoms with E-state index < -0.39 is 12.9 Å². The van der Waals surface area contributed by atoms with E-state index in [1.807, 2.05) is 24.3 Å². The van der Waals surface area contributed by atoms with Crippen LogP contribution in [-0.4, -0.2) is 22.2 Å². The minimum Gasteiger partial charge on any atom is -0.423 e. The average Bonchev–Trinajstić information content (AvgIpc) is 2.88. The summed E-state index contributed by atoms with van der Waals surface area (Å²) in [4.78, 5) is 4.48. The summed E-state index contributed by atoms with van der Waals surface area (Å²) in [6, 6.07) is 12.1. The van der Waals surface area contributed by atoms with Gasteiger partial charge in [-0.25, -0.2) is 9.37 Å². The molecule has 0 amide bonds. The van der Waals surface area contributed by atoms with Gasteiger partial charge in [0, 0.05) is 5.75 Å². The number of hydrogen-bond acceptors (Lipinski definition) is 5. The minimum atomic E-state index is -1.65. The number of benzene rings is 2. The van der Waals surface area contributed by atoms with Crippen LogP contribution < -0.4 is 5.46 Å². The first kappa shape index (κ1) is 14.5. The molecule has 0 radical (unpaired) electrons. The molecule has 1 heterocycles. The second-order valence-corrected chi connectivity index (χ2v) is 6.71. The van der Waals surface area contributed by atoms with Crippen molar-refractivity contribution in [1.29, 1.82) is 0 Å². The zero-order valence-electron chi connectivity index (χ0n) is 10.9. The van der Waals surface area contributed by atoms with E-state index in [4.69, 9.17) is 10.0 Å². The molecule has 0 saturated carbocycles. The number of halogens is 1. The van der Waals surface area contributed by atoms with Gasteiger partial charge in [-0.3, -0.25) is 0 Å². The Morgan fingerprint density at radius 1 is 1.19 bits per heavy atom. The molecule has 21 heavy (non-hydrogen) atoms. The van der Waals surface area contributed by atoms with Crippen LogP contribution in [0.25, 0.3) is 10.2 Å². The van der Waals surface area contributed by atoms with Crippen LogP contribution in [0.1, 0.15) is 5.56 Å². The average molecular weight is 319 g/mol. The van der Waals surface area contributed by atoms with Crippen LogP contribution in [0.2, 0.25) is 0 Å². The van der Waals surface area contributed by atoms with Crippen molar-refractivity contribution in [3.63, 3.8) is 0 Å². The summed E-state index contributed by atoms with van der Waals surface area (Å²) < 4.78 is 15.9. The van der Waals surface area contributed by atoms with Gasteiger partial charge in [0.1, 0.15) is 5.82 Å². The smallest absolute Gasteiger partial charge is 0.423 e. The minimum absolute atomic E-state index is 0.154. The van der Waals surface area contributed by atoms with Crippen LogP contribution in [0.5, 0.6) is 0 Å². The molecule has 2 aromatic carbocycles. The third kappa shape index (κ3) is 3.27. The predicted octanol–water partition coefficient (Wildman–Crippen LogP) is 2.41. The topological polar surface area (TPSA) is 53.4 Å². The molecule has 3 rings (SSSR count). The Morgan fingerprint density at radius 2 is 2.00 bits per heavy atom. The van der Waals surface area contributed by atoms with Gasteiger partial charge in [-0.05, 0) is 29.2 Å². The van der Waals surface area contributed by atoms with E-state index in [1.165, 1.54) is 17.8 Å². The summed E-state index contributed by atoms with van der Waals surface area (Å²) in [6.07, 6.45) is 0. The highest BCUT2D eigenvalue weighted by molar-refractivity contribution is 8.00. The second kappa shape index (κ2) is 6.15. The number of hydrogen-bond donors (Lipinski definition) is 2. The van der Waals surface area contributed by atoms with Crippen molar-refractivity contribution in [2.75, 3.05) is 0 Å². The van der Waals surface area contributed by atoms with Crippen molar-refractivity contribution in [3.8, 4) is 0 Å². The van der Waals surface area contributed by atoms with Crippen LogP contribution in [0.15, 0.2) is 46.8 Å². The molecule has 0 bridgehead atoms. The van der Waals surface area contributed by atoms with E-state index in [1.54, 1.807) is 17.4 Å². The SMILES string of the molecule is OB(O)c1ccc(CSc2nc3ccccc3s2)c(F)c1. The van der Waals surface area contributed by atoms with Gasteiger partial charge in [0.15, 0.2) is 4.34 Å². The third-order valence-electron chi connectivity index (χ3n) is 3.00. The van der Waals surface area contributed by atoms with Crippen LogP contribution in [-0.2, 0) is 5.75 Å². The lowest BCUT2D eigenvalue weighted by Gasteiger charge is -2.04.